The van der Waals surface area contributed by atoms with Crippen molar-refractivity contribution in [3.63, 3.8) is 0 Å². The van der Waals surface area contributed by atoms with Crippen LogP contribution in [-0.2, 0) is 51.1 Å². The molecule has 0 saturated carbocycles. The lowest BCUT2D eigenvalue weighted by Crippen LogP contribution is -2.33. The summed E-state index contributed by atoms with van der Waals surface area (Å²) in [7, 11) is 0. The van der Waals surface area contributed by atoms with Gasteiger partial charge in [0.15, 0.2) is 0 Å². The number of carbonyl (C=O) groups is 2. The van der Waals surface area contributed by atoms with Gasteiger partial charge in [-0.15, -0.1) is 0 Å². The van der Waals surface area contributed by atoms with Crippen molar-refractivity contribution in [2.24, 2.45) is 0 Å². The minimum Gasteiger partial charge on any atom is -0.444 e. The zero-order chi connectivity index (χ0) is 39.9. The van der Waals surface area contributed by atoms with Gasteiger partial charge >= 0.3 is 12.2 Å². The Bertz CT molecular complexity index is 1190. The van der Waals surface area contributed by atoms with Crippen LogP contribution in [0.15, 0.2) is 60.7 Å². The zero-order valence-corrected chi connectivity index (χ0v) is 33.2. The molecule has 0 bridgehead atoms. The van der Waals surface area contributed by atoms with Gasteiger partial charge < -0.3 is 58.7 Å². The van der Waals surface area contributed by atoms with E-state index in [1.54, 1.807) is 20.8 Å². The summed E-state index contributed by atoms with van der Waals surface area (Å²) in [5, 5.41) is 22.8. The van der Waals surface area contributed by atoms with Crippen molar-refractivity contribution in [1.29, 1.82) is 0 Å². The van der Waals surface area contributed by atoms with Crippen molar-refractivity contribution in [2.45, 2.75) is 91.0 Å². The highest BCUT2D eigenvalue weighted by Gasteiger charge is 2.16. The fraction of sp³-hybridized carbons (Fsp3) is 0.650. The molecule has 4 N–H and O–H groups in total. The fourth-order valence-electron chi connectivity index (χ4n) is 4.12. The van der Waals surface area contributed by atoms with Gasteiger partial charge in [0.2, 0.25) is 0 Å². The predicted octanol–water partition coefficient (Wildman–Crippen LogP) is 5.02. The van der Waals surface area contributed by atoms with Gasteiger partial charge in [-0.25, -0.2) is 9.59 Å². The number of alkyl carbamates (subject to hydrolysis) is 2. The average Bonchev–Trinajstić information content (AvgIpc) is 3.11. The highest BCUT2D eigenvalue weighted by atomic mass is 16.6. The van der Waals surface area contributed by atoms with Crippen LogP contribution in [0, 0.1) is 0 Å². The molecule has 0 saturated heterocycles. The number of nitrogens with one attached hydrogen (secondary N) is 2. The molecule has 308 valence electrons. The van der Waals surface area contributed by atoms with Gasteiger partial charge in [0.05, 0.1) is 66.1 Å². The van der Waals surface area contributed by atoms with Gasteiger partial charge in [-0.3, -0.25) is 0 Å². The minimum atomic E-state index is -0.839. The monoisotopic (exact) mass is 766 g/mol. The molecule has 0 fully saturated rings. The van der Waals surface area contributed by atoms with Gasteiger partial charge in [0, 0.05) is 26.3 Å². The standard InChI is InChI=1S/C29H43NO7.C11H23NO5/c1-29(2,3)37-28(31)30-15-10-16-32-23-27(36-20-19-34-22-26-13-8-5-9-14-26)24-35-18-17-33-21-25-11-6-4-7-12-25;1-11(2,3)17-10(15)12-5-4-6-16-8-9(14)7-13/h4-9,11-14,27H,10,15-24H2,1-3H3,(H,30,31);9,13-14H,4-8H2,1-3H3,(H,12,15). The molecule has 14 nitrogen and oxygen atoms in total. The Hall–Kier alpha value is -3.34. The fourth-order valence-corrected chi connectivity index (χ4v) is 4.12. The zero-order valence-electron chi connectivity index (χ0n) is 33.2. The molecule has 0 aliphatic rings. The van der Waals surface area contributed by atoms with Gasteiger partial charge in [-0.2, -0.15) is 0 Å². The number of ether oxygens (including phenoxy) is 8. The van der Waals surface area contributed by atoms with Crippen LogP contribution in [0.5, 0.6) is 0 Å². The first-order valence-corrected chi connectivity index (χ1v) is 18.6. The Labute approximate surface area is 322 Å². The van der Waals surface area contributed by atoms with Crippen LogP contribution in [0.3, 0.4) is 0 Å². The van der Waals surface area contributed by atoms with Gasteiger partial charge in [0.1, 0.15) is 23.4 Å². The first kappa shape index (κ1) is 48.7. The van der Waals surface area contributed by atoms with Gasteiger partial charge in [-0.05, 0) is 65.5 Å². The highest BCUT2D eigenvalue weighted by Crippen LogP contribution is 2.07. The third-order valence-corrected chi connectivity index (χ3v) is 6.57. The summed E-state index contributed by atoms with van der Waals surface area (Å²) in [6, 6.07) is 20.1. The summed E-state index contributed by atoms with van der Waals surface area (Å²) in [5.41, 5.74) is 1.25. The number of rotatable bonds is 26. The number of amides is 2. The summed E-state index contributed by atoms with van der Waals surface area (Å²) in [4.78, 5) is 22.9. The summed E-state index contributed by atoms with van der Waals surface area (Å²) in [5.74, 6) is 0. The van der Waals surface area contributed by atoms with E-state index in [2.05, 4.69) is 10.6 Å². The Kier molecular flexibility index (Phi) is 27.0. The second-order valence-corrected chi connectivity index (χ2v) is 14.2. The Balaban J connectivity index is 0.000000720. The Morgan fingerprint density at radius 3 is 1.44 bits per heavy atom. The number of aliphatic hydroxyl groups excluding tert-OH is 2. The van der Waals surface area contributed by atoms with Crippen LogP contribution in [0.25, 0.3) is 0 Å². The molecule has 2 aromatic rings. The van der Waals surface area contributed by atoms with Gasteiger partial charge in [0.25, 0.3) is 0 Å². The molecule has 2 rings (SSSR count). The molecule has 0 aliphatic carbocycles. The maximum absolute atomic E-state index is 11.7. The summed E-state index contributed by atoms with van der Waals surface area (Å²) < 4.78 is 44.2. The van der Waals surface area contributed by atoms with Crippen LogP contribution in [0.2, 0.25) is 0 Å². The molecule has 0 spiro atoms. The molecule has 0 heterocycles. The highest BCUT2D eigenvalue weighted by molar-refractivity contribution is 5.67. The first-order chi connectivity index (χ1) is 25.8. The second kappa shape index (κ2) is 29.9. The van der Waals surface area contributed by atoms with Crippen molar-refractivity contribution in [3.05, 3.63) is 71.8 Å². The average molecular weight is 767 g/mol. The molecule has 14 heteroatoms. The SMILES string of the molecule is CC(C)(C)OC(=O)NCCCOCC(COCCOCc1ccccc1)OCCOCc1ccccc1.CC(C)(C)OC(=O)NCCCOCC(O)CO. The van der Waals surface area contributed by atoms with Crippen LogP contribution in [0.1, 0.15) is 65.5 Å². The molecule has 2 unspecified atom stereocenters. The maximum Gasteiger partial charge on any atom is 0.407 e. The largest absolute Gasteiger partial charge is 0.444 e. The molecule has 2 amide bonds. The number of aliphatic hydroxyl groups is 2. The van der Waals surface area contributed by atoms with Crippen LogP contribution >= 0.6 is 0 Å². The van der Waals surface area contributed by atoms with Crippen LogP contribution < -0.4 is 10.6 Å². The van der Waals surface area contributed by atoms with E-state index < -0.39 is 29.5 Å². The van der Waals surface area contributed by atoms with E-state index in [0.717, 1.165) is 11.1 Å². The molecule has 0 aliphatic heterocycles. The molecule has 0 aromatic heterocycles. The lowest BCUT2D eigenvalue weighted by Gasteiger charge is -2.20. The Morgan fingerprint density at radius 2 is 1.00 bits per heavy atom. The lowest BCUT2D eigenvalue weighted by atomic mass is 10.2. The van der Waals surface area contributed by atoms with E-state index in [-0.39, 0.29) is 19.3 Å². The summed E-state index contributed by atoms with van der Waals surface area (Å²) in [6.45, 7) is 16.3. The van der Waals surface area contributed by atoms with Crippen molar-refractivity contribution in [3.8, 4) is 0 Å². The van der Waals surface area contributed by atoms with E-state index in [4.69, 9.17) is 48.1 Å². The second-order valence-electron chi connectivity index (χ2n) is 14.2. The number of benzene rings is 2. The Morgan fingerprint density at radius 1 is 0.593 bits per heavy atom. The smallest absolute Gasteiger partial charge is 0.407 e. The lowest BCUT2D eigenvalue weighted by molar-refractivity contribution is -0.0802. The third kappa shape index (κ3) is 31.1. The first-order valence-electron chi connectivity index (χ1n) is 18.6. The minimum absolute atomic E-state index is 0.100. The number of hydrogen-bond donors (Lipinski definition) is 4. The van der Waals surface area contributed by atoms with Crippen molar-refractivity contribution >= 4 is 12.2 Å². The number of hydrogen-bond acceptors (Lipinski definition) is 12. The van der Waals surface area contributed by atoms with Gasteiger partial charge in [-0.1, -0.05) is 60.7 Å². The molecule has 2 aromatic carbocycles. The summed E-state index contributed by atoms with van der Waals surface area (Å²) >= 11 is 0. The van der Waals surface area contributed by atoms with E-state index >= 15 is 0 Å². The molecule has 54 heavy (non-hydrogen) atoms. The van der Waals surface area contributed by atoms with E-state index in [1.165, 1.54) is 0 Å². The van der Waals surface area contributed by atoms with Crippen molar-refractivity contribution < 1.29 is 57.7 Å². The van der Waals surface area contributed by atoms with E-state index in [1.807, 2.05) is 81.4 Å². The predicted molar refractivity (Wildman–Crippen MR) is 205 cm³/mol. The van der Waals surface area contributed by atoms with Crippen molar-refractivity contribution in [1.82, 2.24) is 10.6 Å². The van der Waals surface area contributed by atoms with E-state index in [9.17, 15) is 9.59 Å². The maximum atomic E-state index is 11.7. The normalized spacial score (nSPS) is 12.6. The number of carbonyl (C=O) groups excluding carboxylic acids is 2. The topological polar surface area (TPSA) is 172 Å². The van der Waals surface area contributed by atoms with E-state index in [0.29, 0.717) is 92.0 Å². The van der Waals surface area contributed by atoms with Crippen LogP contribution in [0.4, 0.5) is 9.59 Å². The van der Waals surface area contributed by atoms with Crippen LogP contribution in [-0.4, -0.2) is 125 Å². The molecule has 0 radical (unpaired) electrons. The summed E-state index contributed by atoms with van der Waals surface area (Å²) in [6.07, 6.45) is -0.653. The quantitative estimate of drug-likeness (QED) is 0.0944. The molecular formula is C40H66N2O12. The molecule has 2 atom stereocenters. The van der Waals surface area contributed by atoms with Crippen molar-refractivity contribution in [2.75, 3.05) is 79.2 Å². The third-order valence-electron chi connectivity index (χ3n) is 6.57. The molecular weight excluding hydrogens is 700 g/mol.